The van der Waals surface area contributed by atoms with Crippen LogP contribution >= 0.6 is 0 Å². The molecule has 248 valence electrons. The first-order chi connectivity index (χ1) is 14.8. The molecule has 8 nitrogen and oxygen atoms in total. The molecule has 0 spiro atoms. The van der Waals surface area contributed by atoms with Gasteiger partial charge in [-0.05, 0) is 97.3 Å². The Kier molecular flexibility index (Phi) is 34.6. The molecular formula is C26H76O8Si5. The van der Waals surface area contributed by atoms with Crippen LogP contribution in [-0.4, -0.2) is 85.2 Å². The van der Waals surface area contributed by atoms with Crippen molar-refractivity contribution in [2.45, 2.75) is 148 Å². The summed E-state index contributed by atoms with van der Waals surface area (Å²) in [5, 5.41) is 18.0. The van der Waals surface area contributed by atoms with Crippen LogP contribution < -0.4 is 0 Å². The predicted octanol–water partition coefficient (Wildman–Crippen LogP) is 8.53. The SMILES string of the molecule is C.C.C.C.C.C.CCOCCC[Si](C)(O[Si](C)(C)O[Si](C)(C)C)O[Si](C)(CCCOCC(O)O)O[Si](C)(C)C. The summed E-state index contributed by atoms with van der Waals surface area (Å²) in [5.41, 5.74) is 0. The topological polar surface area (TPSA) is 95.8 Å². The molecule has 0 saturated carbocycles. The van der Waals surface area contributed by atoms with Crippen LogP contribution in [0.4, 0.5) is 0 Å². The fraction of sp³-hybridized carbons (Fsp3) is 1.00. The van der Waals surface area contributed by atoms with E-state index in [2.05, 4.69) is 65.5 Å². The predicted molar refractivity (Wildman–Crippen MR) is 187 cm³/mol. The average molecular weight is 657 g/mol. The van der Waals surface area contributed by atoms with Crippen LogP contribution in [0.15, 0.2) is 0 Å². The zero-order valence-corrected chi connectivity index (χ0v) is 28.1. The van der Waals surface area contributed by atoms with E-state index in [0.29, 0.717) is 19.8 Å². The van der Waals surface area contributed by atoms with Crippen molar-refractivity contribution in [1.29, 1.82) is 0 Å². The van der Waals surface area contributed by atoms with Crippen LogP contribution in [-0.2, 0) is 25.9 Å². The Hall–Kier alpha value is 0.764. The van der Waals surface area contributed by atoms with Gasteiger partial charge in [-0.1, -0.05) is 44.6 Å². The van der Waals surface area contributed by atoms with E-state index in [1.807, 2.05) is 6.92 Å². The van der Waals surface area contributed by atoms with Crippen LogP contribution in [0, 0.1) is 0 Å². The first kappa shape index (κ1) is 55.7. The molecule has 0 fully saturated rings. The van der Waals surface area contributed by atoms with Gasteiger partial charge in [0, 0.05) is 19.8 Å². The van der Waals surface area contributed by atoms with Crippen molar-refractivity contribution in [2.24, 2.45) is 0 Å². The summed E-state index contributed by atoms with van der Waals surface area (Å²) in [6, 6.07) is 1.58. The lowest BCUT2D eigenvalue weighted by molar-refractivity contribution is -0.0945. The molecule has 39 heavy (non-hydrogen) atoms. The summed E-state index contributed by atoms with van der Waals surface area (Å²) in [6.45, 7) is 25.4. The maximum Gasteiger partial charge on any atom is 0.317 e. The Morgan fingerprint density at radius 2 is 0.923 bits per heavy atom. The lowest BCUT2D eigenvalue weighted by atomic mass is 10.5. The van der Waals surface area contributed by atoms with Crippen molar-refractivity contribution in [3.05, 3.63) is 0 Å². The number of aliphatic hydroxyl groups excluding tert-OH is 1. The van der Waals surface area contributed by atoms with E-state index < -0.39 is 48.6 Å². The number of hydrogen-bond acceptors (Lipinski definition) is 8. The smallest absolute Gasteiger partial charge is 0.317 e. The van der Waals surface area contributed by atoms with E-state index in [0.717, 1.165) is 24.9 Å². The highest BCUT2D eigenvalue weighted by atomic mass is 28.5. The molecule has 0 aliphatic heterocycles. The van der Waals surface area contributed by atoms with E-state index in [1.165, 1.54) is 0 Å². The van der Waals surface area contributed by atoms with E-state index in [-0.39, 0.29) is 51.2 Å². The minimum absolute atomic E-state index is 0. The third kappa shape index (κ3) is 31.5. The van der Waals surface area contributed by atoms with Gasteiger partial charge in [0.25, 0.3) is 0 Å². The fourth-order valence-electron chi connectivity index (χ4n) is 3.95. The minimum Gasteiger partial charge on any atom is -0.437 e. The van der Waals surface area contributed by atoms with Crippen LogP contribution in [0.3, 0.4) is 0 Å². The Morgan fingerprint density at radius 3 is 1.28 bits per heavy atom. The van der Waals surface area contributed by atoms with Gasteiger partial charge in [-0.15, -0.1) is 0 Å². The number of ether oxygens (including phenoxy) is 2. The molecule has 0 heterocycles. The van der Waals surface area contributed by atoms with Gasteiger partial charge in [0.15, 0.2) is 22.9 Å². The third-order valence-corrected chi connectivity index (χ3v) is 22.5. The summed E-state index contributed by atoms with van der Waals surface area (Å²) in [6.07, 6.45) is 0.162. The van der Waals surface area contributed by atoms with Gasteiger partial charge in [-0.25, -0.2) is 0 Å². The van der Waals surface area contributed by atoms with E-state index in [1.54, 1.807) is 0 Å². The molecule has 2 unspecified atom stereocenters. The molecule has 0 aromatic carbocycles. The van der Waals surface area contributed by atoms with E-state index in [4.69, 9.17) is 36.1 Å². The molecule has 0 aliphatic carbocycles. The van der Waals surface area contributed by atoms with Crippen LogP contribution in [0.1, 0.15) is 64.3 Å². The second kappa shape index (κ2) is 24.2. The van der Waals surface area contributed by atoms with Gasteiger partial charge in [0.1, 0.15) is 0 Å². The molecule has 0 bridgehead atoms. The molecule has 2 N–H and O–H groups in total. The lowest BCUT2D eigenvalue weighted by Crippen LogP contribution is -2.60. The molecule has 2 atom stereocenters. The molecule has 0 amide bonds. The maximum absolute atomic E-state index is 9.00. The van der Waals surface area contributed by atoms with Crippen molar-refractivity contribution in [3.63, 3.8) is 0 Å². The van der Waals surface area contributed by atoms with Crippen molar-refractivity contribution in [3.8, 4) is 0 Å². The van der Waals surface area contributed by atoms with Crippen molar-refractivity contribution in [2.75, 3.05) is 26.4 Å². The summed E-state index contributed by atoms with van der Waals surface area (Å²) in [5.74, 6) is 0. The van der Waals surface area contributed by atoms with E-state index in [9.17, 15) is 0 Å². The quantitative estimate of drug-likeness (QED) is 0.0811. The molecule has 0 saturated heterocycles. The Labute approximate surface area is 252 Å². The normalized spacial score (nSPS) is 14.6. The molecule has 13 heteroatoms. The lowest BCUT2D eigenvalue weighted by Gasteiger charge is -2.44. The highest BCUT2D eigenvalue weighted by Crippen LogP contribution is 2.31. The highest BCUT2D eigenvalue weighted by Gasteiger charge is 2.48. The standard InChI is InChI=1S/C20H52O8Si5.6CH4/c1-12-23-15-13-18-33(11,27-31(8,9)25-29(2,3)4)28-32(10,26-30(5,6)7)17-14-16-24-19-20(21)22;;;;;;/h20-22H,12-19H2,1-11H3;6*1H4. The molecule has 0 aromatic heterocycles. The minimum atomic E-state index is -2.64. The first-order valence-corrected chi connectivity index (χ1v) is 26.8. The Bertz CT molecular complexity index is 545. The molecule has 0 rings (SSSR count). The zero-order chi connectivity index (χ0) is 26.0. The van der Waals surface area contributed by atoms with Gasteiger partial charge >= 0.3 is 25.7 Å². The maximum atomic E-state index is 9.00. The second-order valence-corrected chi connectivity index (χ2v) is 31.3. The summed E-state index contributed by atoms with van der Waals surface area (Å²) >= 11 is 0. The molecule has 0 aliphatic rings. The zero-order valence-electron chi connectivity index (χ0n) is 23.1. The van der Waals surface area contributed by atoms with Gasteiger partial charge in [0.2, 0.25) is 0 Å². The summed E-state index contributed by atoms with van der Waals surface area (Å²) < 4.78 is 38.0. The molecule has 0 radical (unpaired) electrons. The van der Waals surface area contributed by atoms with E-state index >= 15 is 0 Å². The number of aliphatic hydroxyl groups is 2. The highest BCUT2D eigenvalue weighted by molar-refractivity contribution is 6.90. The first-order valence-electron chi connectivity index (χ1n) is 12.1. The van der Waals surface area contributed by atoms with Crippen molar-refractivity contribution in [1.82, 2.24) is 0 Å². The monoisotopic (exact) mass is 656 g/mol. The van der Waals surface area contributed by atoms with Crippen molar-refractivity contribution < 1.29 is 36.1 Å². The van der Waals surface area contributed by atoms with Gasteiger partial charge in [-0.3, -0.25) is 0 Å². The molecule has 0 aromatic rings. The van der Waals surface area contributed by atoms with Gasteiger partial charge in [0.05, 0.1) is 6.61 Å². The number of rotatable bonds is 19. The van der Waals surface area contributed by atoms with Gasteiger partial charge in [-0.2, -0.15) is 0 Å². The van der Waals surface area contributed by atoms with Gasteiger partial charge < -0.3 is 36.1 Å². The molecular weight excluding hydrogens is 581 g/mol. The largest absolute Gasteiger partial charge is 0.437 e. The van der Waals surface area contributed by atoms with Crippen LogP contribution in [0.2, 0.25) is 77.6 Å². The second-order valence-electron chi connectivity index (χ2n) is 11.3. The average Bonchev–Trinajstić information content (AvgIpc) is 2.53. The fourth-order valence-corrected chi connectivity index (χ4v) is 27.7. The Balaban J connectivity index is -0.000000341. The summed E-state index contributed by atoms with van der Waals surface area (Å²) in [4.78, 5) is 0. The Morgan fingerprint density at radius 1 is 0.538 bits per heavy atom. The van der Waals surface area contributed by atoms with Crippen molar-refractivity contribution >= 4 is 42.3 Å². The summed E-state index contributed by atoms with van der Waals surface area (Å²) in [7, 11) is -11.3. The number of hydrogen-bond donors (Lipinski definition) is 2. The third-order valence-electron chi connectivity index (χ3n) is 4.28. The van der Waals surface area contributed by atoms with Crippen LogP contribution in [0.5, 0.6) is 0 Å². The van der Waals surface area contributed by atoms with Crippen LogP contribution in [0.25, 0.3) is 0 Å².